The molecule has 1 heterocycles. The molecule has 0 atom stereocenters. The van der Waals surface area contributed by atoms with Crippen molar-refractivity contribution in [2.75, 3.05) is 52.3 Å². The summed E-state index contributed by atoms with van der Waals surface area (Å²) in [6.07, 6.45) is 0.177. The number of hydrogen-bond acceptors (Lipinski definition) is 7. The Balaban J connectivity index is 1.42. The molecule has 2 aromatic rings. The van der Waals surface area contributed by atoms with E-state index in [2.05, 4.69) is 0 Å². The molecule has 2 amide bonds. The Bertz CT molecular complexity index is 917. The SMILES string of the molecule is CCOP(=O)(CCOCCOCCN1C(=O)c2cccc3cccc(c23)C1=O)OCC. The largest absolute Gasteiger partial charge is 0.378 e. The van der Waals surface area contributed by atoms with Gasteiger partial charge in [0.15, 0.2) is 0 Å². The highest BCUT2D eigenvalue weighted by Crippen LogP contribution is 2.47. The lowest BCUT2D eigenvalue weighted by Crippen LogP contribution is -2.42. The summed E-state index contributed by atoms with van der Waals surface area (Å²) in [4.78, 5) is 26.8. The number of benzene rings is 2. The molecule has 0 saturated heterocycles. The van der Waals surface area contributed by atoms with Crippen LogP contribution in [0.25, 0.3) is 10.8 Å². The number of carbonyl (C=O) groups excluding carboxylic acids is 2. The summed E-state index contributed by atoms with van der Waals surface area (Å²) in [5.41, 5.74) is 1.06. The summed E-state index contributed by atoms with van der Waals surface area (Å²) in [7, 11) is -3.11. The lowest BCUT2D eigenvalue weighted by atomic mass is 9.94. The number of carbonyl (C=O) groups is 2. The molecule has 1 aliphatic rings. The maximum absolute atomic E-state index is 12.8. The summed E-state index contributed by atoms with van der Waals surface area (Å²) >= 11 is 0. The molecule has 0 aromatic heterocycles. The van der Waals surface area contributed by atoms with Crippen molar-refractivity contribution in [2.45, 2.75) is 13.8 Å². The van der Waals surface area contributed by atoms with Crippen molar-refractivity contribution in [1.82, 2.24) is 4.90 Å². The summed E-state index contributed by atoms with van der Waals surface area (Å²) in [5.74, 6) is -0.617. The number of ether oxygens (including phenoxy) is 2. The van der Waals surface area contributed by atoms with Gasteiger partial charge in [-0.2, -0.15) is 0 Å². The fraction of sp³-hybridized carbons (Fsp3) is 0.455. The van der Waals surface area contributed by atoms with Crippen molar-refractivity contribution in [3.05, 3.63) is 47.5 Å². The minimum Gasteiger partial charge on any atom is -0.378 e. The van der Waals surface area contributed by atoms with Gasteiger partial charge in [-0.15, -0.1) is 0 Å². The van der Waals surface area contributed by atoms with E-state index in [1.165, 1.54) is 4.90 Å². The highest BCUT2D eigenvalue weighted by Gasteiger charge is 2.32. The third kappa shape index (κ3) is 5.59. The molecule has 0 unspecified atom stereocenters. The second-order valence-electron chi connectivity index (χ2n) is 6.87. The standard InChI is InChI=1S/C22H28NO7P/c1-3-29-31(26,30-4-2)16-15-28-14-13-27-12-11-23-21(24)18-9-5-7-17-8-6-10-19(20(17)18)22(23)25/h5-10H,3-4,11-16H2,1-2H3. The van der Waals surface area contributed by atoms with Crippen molar-refractivity contribution in [3.63, 3.8) is 0 Å². The van der Waals surface area contributed by atoms with Crippen LogP contribution in [0.1, 0.15) is 34.6 Å². The topological polar surface area (TPSA) is 91.4 Å². The van der Waals surface area contributed by atoms with E-state index >= 15 is 0 Å². The van der Waals surface area contributed by atoms with Gasteiger partial charge in [0.25, 0.3) is 11.8 Å². The van der Waals surface area contributed by atoms with Gasteiger partial charge in [0.1, 0.15) is 0 Å². The molecule has 0 spiro atoms. The minimum atomic E-state index is -3.11. The number of nitrogens with zero attached hydrogens (tertiary/aromatic N) is 1. The van der Waals surface area contributed by atoms with Crippen LogP contribution in [0.4, 0.5) is 0 Å². The zero-order chi connectivity index (χ0) is 22.3. The molecule has 1 aliphatic heterocycles. The highest BCUT2D eigenvalue weighted by molar-refractivity contribution is 7.53. The Hall–Kier alpha value is -2.09. The van der Waals surface area contributed by atoms with Crippen LogP contribution < -0.4 is 0 Å². The van der Waals surface area contributed by atoms with Crippen molar-refractivity contribution >= 4 is 30.2 Å². The molecular weight excluding hydrogens is 421 g/mol. The second-order valence-corrected chi connectivity index (χ2v) is 9.05. The number of hydrogen-bond donors (Lipinski definition) is 0. The van der Waals surface area contributed by atoms with Gasteiger partial charge in [-0.05, 0) is 31.4 Å². The molecule has 0 bridgehead atoms. The Morgan fingerprint density at radius 1 is 0.806 bits per heavy atom. The maximum Gasteiger partial charge on any atom is 0.332 e. The van der Waals surface area contributed by atoms with Gasteiger partial charge in [0.05, 0.1) is 52.3 Å². The third-order valence-electron chi connectivity index (χ3n) is 4.85. The molecule has 0 saturated carbocycles. The fourth-order valence-corrected chi connectivity index (χ4v) is 4.97. The van der Waals surface area contributed by atoms with E-state index < -0.39 is 7.60 Å². The number of imide groups is 1. The molecule has 2 aromatic carbocycles. The average molecular weight is 449 g/mol. The van der Waals surface area contributed by atoms with E-state index in [-0.39, 0.29) is 44.3 Å². The van der Waals surface area contributed by atoms with Gasteiger partial charge in [0, 0.05) is 16.5 Å². The molecule has 0 N–H and O–H groups in total. The van der Waals surface area contributed by atoms with Crippen molar-refractivity contribution in [1.29, 1.82) is 0 Å². The van der Waals surface area contributed by atoms with Crippen molar-refractivity contribution in [3.8, 4) is 0 Å². The van der Waals surface area contributed by atoms with Crippen LogP contribution in [0.5, 0.6) is 0 Å². The first kappa shape index (κ1) is 23.6. The lowest BCUT2D eigenvalue weighted by molar-refractivity contribution is 0.0360. The van der Waals surface area contributed by atoms with Crippen molar-refractivity contribution in [2.24, 2.45) is 0 Å². The zero-order valence-electron chi connectivity index (χ0n) is 17.9. The van der Waals surface area contributed by atoms with Crippen molar-refractivity contribution < 1.29 is 32.7 Å². The van der Waals surface area contributed by atoms with Crippen LogP contribution in [-0.2, 0) is 23.1 Å². The van der Waals surface area contributed by atoms with Crippen LogP contribution in [0.2, 0.25) is 0 Å². The highest BCUT2D eigenvalue weighted by atomic mass is 31.2. The molecule has 9 heteroatoms. The fourth-order valence-electron chi connectivity index (χ4n) is 3.50. The maximum atomic E-state index is 12.8. The molecule has 0 radical (unpaired) electrons. The number of amides is 2. The molecule has 8 nitrogen and oxygen atoms in total. The minimum absolute atomic E-state index is 0.159. The normalized spacial score (nSPS) is 13.9. The number of rotatable bonds is 13. The van der Waals surface area contributed by atoms with Gasteiger partial charge in [-0.1, -0.05) is 24.3 Å². The van der Waals surface area contributed by atoms with Gasteiger partial charge in [-0.3, -0.25) is 19.1 Å². The van der Waals surface area contributed by atoms with E-state index in [1.807, 2.05) is 24.3 Å². The van der Waals surface area contributed by atoms with Crippen LogP contribution in [0.15, 0.2) is 36.4 Å². The van der Waals surface area contributed by atoms with Gasteiger partial charge in [-0.25, -0.2) is 0 Å². The monoisotopic (exact) mass is 449 g/mol. The molecule has 0 fully saturated rings. The smallest absolute Gasteiger partial charge is 0.332 e. The van der Waals surface area contributed by atoms with Gasteiger partial charge in [0.2, 0.25) is 0 Å². The van der Waals surface area contributed by atoms with Gasteiger partial charge >= 0.3 is 7.60 Å². The zero-order valence-corrected chi connectivity index (χ0v) is 18.8. The van der Waals surface area contributed by atoms with E-state index in [4.69, 9.17) is 18.5 Å². The van der Waals surface area contributed by atoms with E-state index in [0.29, 0.717) is 36.3 Å². The second kappa shape index (κ2) is 11.0. The Morgan fingerprint density at radius 3 is 1.90 bits per heavy atom. The summed E-state index contributed by atoms with van der Waals surface area (Å²) in [6, 6.07) is 10.9. The molecule has 31 heavy (non-hydrogen) atoms. The van der Waals surface area contributed by atoms with E-state index in [1.54, 1.807) is 26.0 Å². The van der Waals surface area contributed by atoms with Crippen LogP contribution in [-0.4, -0.2) is 69.1 Å². The third-order valence-corrected chi connectivity index (χ3v) is 6.88. The van der Waals surface area contributed by atoms with E-state index in [0.717, 1.165) is 5.39 Å². The predicted molar refractivity (Wildman–Crippen MR) is 117 cm³/mol. The summed E-state index contributed by atoms with van der Waals surface area (Å²) in [6.45, 7) is 5.32. The Labute approximate surface area is 181 Å². The first-order chi connectivity index (χ1) is 15.0. The first-order valence-corrected chi connectivity index (χ1v) is 12.1. The molecule has 3 rings (SSSR count). The quantitative estimate of drug-likeness (QED) is 0.261. The lowest BCUT2D eigenvalue weighted by Gasteiger charge is -2.27. The predicted octanol–water partition coefficient (Wildman–Crippen LogP) is 3.74. The molecule has 0 aliphatic carbocycles. The molecular formula is C22H28NO7P. The van der Waals surface area contributed by atoms with Crippen LogP contribution >= 0.6 is 7.60 Å². The summed E-state index contributed by atoms with van der Waals surface area (Å²) in [5, 5.41) is 1.59. The van der Waals surface area contributed by atoms with Gasteiger partial charge < -0.3 is 18.5 Å². The Kier molecular flexibility index (Phi) is 8.35. The first-order valence-electron chi connectivity index (χ1n) is 10.4. The Morgan fingerprint density at radius 2 is 1.35 bits per heavy atom. The summed E-state index contributed by atoms with van der Waals surface area (Å²) < 4.78 is 33.7. The van der Waals surface area contributed by atoms with E-state index in [9.17, 15) is 14.2 Å². The van der Waals surface area contributed by atoms with Crippen LogP contribution in [0, 0.1) is 0 Å². The van der Waals surface area contributed by atoms with Crippen LogP contribution in [0.3, 0.4) is 0 Å². The molecule has 168 valence electrons. The average Bonchev–Trinajstić information content (AvgIpc) is 2.76.